The zero-order valence-electron chi connectivity index (χ0n) is 7.73. The Morgan fingerprint density at radius 3 is 2.00 bits per heavy atom. The molecule has 5 nitrogen and oxygen atoms in total. The molecule has 13 heavy (non-hydrogen) atoms. The summed E-state index contributed by atoms with van der Waals surface area (Å²) in [6.45, 7) is 5.09. The van der Waals surface area contributed by atoms with E-state index in [1.54, 1.807) is 20.8 Å². The van der Waals surface area contributed by atoms with Gasteiger partial charge in [0, 0.05) is 12.2 Å². The van der Waals surface area contributed by atoms with Crippen molar-refractivity contribution in [1.29, 1.82) is 0 Å². The Morgan fingerprint density at radius 2 is 1.62 bits per heavy atom. The van der Waals surface area contributed by atoms with Gasteiger partial charge in [-0.2, -0.15) is 5.26 Å². The molecule has 0 fully saturated rings. The van der Waals surface area contributed by atoms with Gasteiger partial charge in [-0.25, -0.2) is 9.59 Å². The van der Waals surface area contributed by atoms with Crippen molar-refractivity contribution in [3.05, 3.63) is 12.2 Å². The number of hydrogen-bond acceptors (Lipinski definition) is 5. The first-order chi connectivity index (χ1) is 5.85. The molecule has 0 amide bonds. The maximum absolute atomic E-state index is 10.9. The van der Waals surface area contributed by atoms with Crippen LogP contribution in [0.15, 0.2) is 12.2 Å². The van der Waals surface area contributed by atoms with Crippen molar-refractivity contribution in [1.82, 2.24) is 0 Å². The molecule has 74 valence electrons. The second-order valence-electron chi connectivity index (χ2n) is 3.28. The first-order valence-electron chi connectivity index (χ1n) is 3.61. The van der Waals surface area contributed by atoms with E-state index in [1.165, 1.54) is 0 Å². The summed E-state index contributed by atoms with van der Waals surface area (Å²) in [7, 11) is 0. The molecule has 0 aromatic carbocycles. The molecule has 0 bridgehead atoms. The van der Waals surface area contributed by atoms with E-state index in [0.29, 0.717) is 0 Å². The van der Waals surface area contributed by atoms with E-state index < -0.39 is 17.5 Å². The van der Waals surface area contributed by atoms with Gasteiger partial charge in [-0.1, -0.05) is 0 Å². The molecule has 0 heterocycles. The van der Waals surface area contributed by atoms with Crippen molar-refractivity contribution in [2.75, 3.05) is 0 Å². The third kappa shape index (κ3) is 7.02. The molecule has 0 radical (unpaired) electrons. The predicted molar refractivity (Wildman–Crippen MR) is 43.7 cm³/mol. The Morgan fingerprint density at radius 1 is 1.15 bits per heavy atom. The molecule has 0 aliphatic heterocycles. The van der Waals surface area contributed by atoms with Gasteiger partial charge < -0.3 is 4.74 Å². The highest BCUT2D eigenvalue weighted by molar-refractivity contribution is 5.91. The molecule has 1 N–H and O–H groups in total. The third-order valence-electron chi connectivity index (χ3n) is 0.852. The zero-order chi connectivity index (χ0) is 10.5. The van der Waals surface area contributed by atoms with E-state index in [2.05, 4.69) is 4.89 Å². The van der Waals surface area contributed by atoms with E-state index in [4.69, 9.17) is 9.99 Å². The lowest BCUT2D eigenvalue weighted by Crippen LogP contribution is -2.22. The number of ether oxygens (including phenoxy) is 1. The summed E-state index contributed by atoms with van der Waals surface area (Å²) >= 11 is 0. The summed E-state index contributed by atoms with van der Waals surface area (Å²) in [6.07, 6.45) is 1.65. The van der Waals surface area contributed by atoms with E-state index in [9.17, 15) is 9.59 Å². The standard InChI is InChI=1S/C8H12O5/c1-8(2,3)12-6(9)4-5-7(10)13-11/h4-5,11H,1-3H3/b5-4-. The minimum atomic E-state index is -1.02. The van der Waals surface area contributed by atoms with Gasteiger partial charge in [-0.3, -0.25) is 4.89 Å². The van der Waals surface area contributed by atoms with Gasteiger partial charge in [0.25, 0.3) is 0 Å². The number of hydrogen-bond donors (Lipinski definition) is 1. The lowest BCUT2D eigenvalue weighted by atomic mass is 10.2. The van der Waals surface area contributed by atoms with Gasteiger partial charge in [0.1, 0.15) is 5.60 Å². The van der Waals surface area contributed by atoms with Crippen LogP contribution in [0.3, 0.4) is 0 Å². The molecule has 0 spiro atoms. The number of carbonyl (C=O) groups is 2. The maximum Gasteiger partial charge on any atom is 0.365 e. The molecule has 0 saturated heterocycles. The molecule has 0 rings (SSSR count). The van der Waals surface area contributed by atoms with Crippen molar-refractivity contribution < 1.29 is 24.5 Å². The van der Waals surface area contributed by atoms with Crippen molar-refractivity contribution in [2.45, 2.75) is 26.4 Å². The summed E-state index contributed by atoms with van der Waals surface area (Å²) in [5.74, 6) is -1.69. The fourth-order valence-corrected chi connectivity index (χ4v) is 0.502. The molecule has 0 atom stereocenters. The largest absolute Gasteiger partial charge is 0.457 e. The Hall–Kier alpha value is -1.36. The van der Waals surface area contributed by atoms with Crippen LogP contribution in [0.2, 0.25) is 0 Å². The minimum absolute atomic E-state index is 0.607. The molecule has 0 aliphatic rings. The minimum Gasteiger partial charge on any atom is -0.457 e. The highest BCUT2D eigenvalue weighted by atomic mass is 17.1. The van der Waals surface area contributed by atoms with Crippen molar-refractivity contribution in [3.8, 4) is 0 Å². The smallest absolute Gasteiger partial charge is 0.365 e. The van der Waals surface area contributed by atoms with Gasteiger partial charge in [0.15, 0.2) is 0 Å². The van der Waals surface area contributed by atoms with Crippen molar-refractivity contribution >= 4 is 11.9 Å². The Bertz CT molecular complexity index is 223. The van der Waals surface area contributed by atoms with Crippen LogP contribution in [-0.4, -0.2) is 22.8 Å². The van der Waals surface area contributed by atoms with Crippen LogP contribution in [0, 0.1) is 0 Å². The van der Waals surface area contributed by atoms with Gasteiger partial charge in [0.2, 0.25) is 0 Å². The molecule has 0 aromatic rings. The van der Waals surface area contributed by atoms with Crippen LogP contribution >= 0.6 is 0 Å². The Kier molecular flexibility index (Phi) is 4.13. The summed E-state index contributed by atoms with van der Waals surface area (Å²) < 4.78 is 4.82. The van der Waals surface area contributed by atoms with Crippen LogP contribution in [-0.2, 0) is 19.2 Å². The van der Waals surface area contributed by atoms with Crippen LogP contribution in [0.1, 0.15) is 20.8 Å². The van der Waals surface area contributed by atoms with E-state index in [0.717, 1.165) is 12.2 Å². The highest BCUT2D eigenvalue weighted by Crippen LogP contribution is 2.06. The van der Waals surface area contributed by atoms with Crippen molar-refractivity contribution in [3.63, 3.8) is 0 Å². The van der Waals surface area contributed by atoms with Gasteiger partial charge in [-0.15, -0.1) is 0 Å². The Balaban J connectivity index is 4.02. The summed E-state index contributed by atoms with van der Waals surface area (Å²) in [4.78, 5) is 24.5. The second-order valence-corrected chi connectivity index (χ2v) is 3.28. The van der Waals surface area contributed by atoms with Gasteiger partial charge in [-0.05, 0) is 20.8 Å². The predicted octanol–water partition coefficient (Wildman–Crippen LogP) is 0.900. The summed E-state index contributed by atoms with van der Waals surface area (Å²) in [5, 5.41) is 7.83. The van der Waals surface area contributed by atoms with E-state index in [1.807, 2.05) is 0 Å². The van der Waals surface area contributed by atoms with Gasteiger partial charge >= 0.3 is 11.9 Å². The molecule has 0 unspecified atom stereocenters. The van der Waals surface area contributed by atoms with Crippen molar-refractivity contribution in [2.24, 2.45) is 0 Å². The molecule has 0 aliphatic carbocycles. The average molecular weight is 188 g/mol. The first-order valence-corrected chi connectivity index (χ1v) is 3.61. The molecular weight excluding hydrogens is 176 g/mol. The summed E-state index contributed by atoms with van der Waals surface area (Å²) in [6, 6.07) is 0. The van der Waals surface area contributed by atoms with Crippen LogP contribution < -0.4 is 0 Å². The van der Waals surface area contributed by atoms with Crippen LogP contribution in [0.4, 0.5) is 0 Å². The SMILES string of the molecule is CC(C)(C)OC(=O)/C=C\C(=O)OO. The molecule has 5 heteroatoms. The quantitative estimate of drug-likeness (QED) is 0.301. The second kappa shape index (κ2) is 4.61. The average Bonchev–Trinajstić information content (AvgIpc) is 1.97. The fraction of sp³-hybridized carbons (Fsp3) is 0.500. The lowest BCUT2D eigenvalue weighted by Gasteiger charge is -2.17. The number of carbonyl (C=O) groups excluding carboxylic acids is 2. The molecule has 0 aromatic heterocycles. The van der Waals surface area contributed by atoms with Crippen LogP contribution in [0.5, 0.6) is 0 Å². The monoisotopic (exact) mass is 188 g/mol. The number of rotatable bonds is 2. The fourth-order valence-electron chi connectivity index (χ4n) is 0.502. The zero-order valence-corrected chi connectivity index (χ0v) is 7.73. The number of esters is 1. The van der Waals surface area contributed by atoms with Crippen LogP contribution in [0.25, 0.3) is 0 Å². The third-order valence-corrected chi connectivity index (χ3v) is 0.852. The first kappa shape index (κ1) is 11.6. The topological polar surface area (TPSA) is 72.8 Å². The lowest BCUT2D eigenvalue weighted by molar-refractivity contribution is -0.228. The van der Waals surface area contributed by atoms with E-state index in [-0.39, 0.29) is 0 Å². The molecule has 0 saturated carbocycles. The van der Waals surface area contributed by atoms with E-state index >= 15 is 0 Å². The maximum atomic E-state index is 10.9. The Labute approximate surface area is 75.9 Å². The summed E-state index contributed by atoms with van der Waals surface area (Å²) in [5.41, 5.74) is -0.607. The highest BCUT2D eigenvalue weighted by Gasteiger charge is 2.14. The molecular formula is C8H12O5. The normalized spacial score (nSPS) is 11.4. The van der Waals surface area contributed by atoms with Gasteiger partial charge in [0.05, 0.1) is 0 Å².